The maximum absolute atomic E-state index is 13.2. The van der Waals surface area contributed by atoms with Gasteiger partial charge in [0, 0.05) is 36.3 Å². The molecule has 1 saturated heterocycles. The summed E-state index contributed by atoms with van der Waals surface area (Å²) in [7, 11) is 0. The van der Waals surface area contributed by atoms with Gasteiger partial charge in [0.2, 0.25) is 0 Å². The monoisotopic (exact) mass is 494 g/mol. The molecule has 0 bridgehead atoms. The third-order valence-corrected chi connectivity index (χ3v) is 6.49. The smallest absolute Gasteiger partial charge is 0.317 e. The highest BCUT2D eigenvalue weighted by Gasteiger charge is 2.28. The Bertz CT molecular complexity index is 1460. The number of carbonyl (C=O) groups is 1. The number of pyridine rings is 1. The Balaban J connectivity index is 1.32. The van der Waals surface area contributed by atoms with E-state index in [2.05, 4.69) is 20.4 Å². The Morgan fingerprint density at radius 2 is 1.70 bits per heavy atom. The van der Waals surface area contributed by atoms with Crippen molar-refractivity contribution in [3.63, 3.8) is 0 Å². The first-order valence-electron chi connectivity index (χ1n) is 12.3. The van der Waals surface area contributed by atoms with Gasteiger partial charge in [-0.25, -0.2) is 4.98 Å². The average molecular weight is 495 g/mol. The normalized spacial score (nSPS) is 17.6. The molecule has 0 saturated carbocycles. The van der Waals surface area contributed by atoms with Crippen molar-refractivity contribution in [3.8, 4) is 11.5 Å². The van der Waals surface area contributed by atoms with E-state index < -0.39 is 6.17 Å². The van der Waals surface area contributed by atoms with E-state index in [9.17, 15) is 4.79 Å². The van der Waals surface area contributed by atoms with Crippen molar-refractivity contribution in [3.05, 3.63) is 89.1 Å². The second-order valence-corrected chi connectivity index (χ2v) is 9.03. The lowest BCUT2D eigenvalue weighted by molar-refractivity contribution is -0.119. The molecule has 37 heavy (non-hydrogen) atoms. The lowest BCUT2D eigenvalue weighted by Crippen LogP contribution is -2.37. The predicted molar refractivity (Wildman–Crippen MR) is 140 cm³/mol. The fourth-order valence-corrected chi connectivity index (χ4v) is 4.63. The molecule has 186 valence electrons. The summed E-state index contributed by atoms with van der Waals surface area (Å²) in [5.41, 5.74) is 5.20. The number of rotatable bonds is 5. The molecule has 1 atom stereocenters. The van der Waals surface area contributed by atoms with Gasteiger partial charge >= 0.3 is 6.01 Å². The number of morpholine rings is 1. The predicted octanol–water partition coefficient (Wildman–Crippen LogP) is 3.68. The fraction of sp³-hybridized carbons (Fsp3) is 0.250. The van der Waals surface area contributed by atoms with Crippen LogP contribution in [-0.2, 0) is 16.0 Å². The number of hydrogen-bond donors (Lipinski definition) is 1. The van der Waals surface area contributed by atoms with Crippen molar-refractivity contribution < 1.29 is 13.9 Å². The number of ether oxygens (including phenoxy) is 1. The summed E-state index contributed by atoms with van der Waals surface area (Å²) < 4.78 is 11.5. The van der Waals surface area contributed by atoms with Crippen molar-refractivity contribution in [1.29, 1.82) is 0 Å². The van der Waals surface area contributed by atoms with Crippen LogP contribution in [0, 0.1) is 6.92 Å². The number of benzene rings is 2. The van der Waals surface area contributed by atoms with E-state index in [4.69, 9.17) is 19.1 Å². The van der Waals surface area contributed by atoms with Gasteiger partial charge in [0.05, 0.1) is 24.5 Å². The third kappa shape index (κ3) is 4.73. The number of ketones is 1. The molecule has 0 aliphatic carbocycles. The molecule has 0 amide bonds. The highest BCUT2D eigenvalue weighted by Crippen LogP contribution is 2.30. The lowest BCUT2D eigenvalue weighted by Gasteiger charge is -2.29. The number of hydrogen-bond acceptors (Lipinski definition) is 9. The van der Waals surface area contributed by atoms with Gasteiger partial charge in [0.25, 0.3) is 5.89 Å². The summed E-state index contributed by atoms with van der Waals surface area (Å²) in [6, 6.07) is 21.7. The first-order valence-corrected chi connectivity index (χ1v) is 12.3. The van der Waals surface area contributed by atoms with Crippen LogP contribution < -0.4 is 10.2 Å². The molecule has 2 aromatic heterocycles. The van der Waals surface area contributed by atoms with E-state index in [1.54, 1.807) is 0 Å². The van der Waals surface area contributed by atoms with Crippen molar-refractivity contribution in [1.82, 2.24) is 15.2 Å². The Morgan fingerprint density at radius 3 is 2.54 bits per heavy atom. The topological polar surface area (TPSA) is 106 Å². The van der Waals surface area contributed by atoms with Gasteiger partial charge in [-0.05, 0) is 24.6 Å². The van der Waals surface area contributed by atoms with Crippen LogP contribution in [-0.4, -0.2) is 59.1 Å². The molecule has 4 aromatic rings. The van der Waals surface area contributed by atoms with E-state index in [1.807, 2.05) is 73.7 Å². The van der Waals surface area contributed by atoms with Gasteiger partial charge in [0.15, 0.2) is 11.9 Å². The number of Topliss-reactive ketones (excluding diaryl/α,β-unsaturated/α-hetero) is 1. The number of carbonyl (C=O) groups excluding carboxylic acids is 1. The molecule has 9 heteroatoms. The molecule has 9 nitrogen and oxygen atoms in total. The molecular weight excluding hydrogens is 468 g/mol. The van der Waals surface area contributed by atoms with Crippen LogP contribution in [0.5, 0.6) is 0 Å². The molecule has 1 fully saturated rings. The zero-order chi connectivity index (χ0) is 25.2. The largest absolute Gasteiger partial charge is 0.403 e. The van der Waals surface area contributed by atoms with Crippen molar-refractivity contribution in [2.24, 2.45) is 4.99 Å². The van der Waals surface area contributed by atoms with E-state index in [1.165, 1.54) is 0 Å². The lowest BCUT2D eigenvalue weighted by atomic mass is 9.96. The van der Waals surface area contributed by atoms with Crippen LogP contribution in [0.1, 0.15) is 22.4 Å². The van der Waals surface area contributed by atoms with Crippen LogP contribution in [0.4, 0.5) is 11.8 Å². The van der Waals surface area contributed by atoms with Crippen molar-refractivity contribution >= 4 is 23.3 Å². The third-order valence-electron chi connectivity index (χ3n) is 6.49. The minimum absolute atomic E-state index is 0.0795. The number of aromatic nitrogens is 3. The molecule has 2 aliphatic rings. The zero-order valence-electron chi connectivity index (χ0n) is 20.4. The van der Waals surface area contributed by atoms with Gasteiger partial charge in [-0.2, -0.15) is 0 Å². The van der Waals surface area contributed by atoms with Crippen LogP contribution >= 0.6 is 0 Å². The number of aryl methyl sites for hydroxylation is 1. The Kier molecular flexibility index (Phi) is 6.20. The molecule has 6 rings (SSSR count). The van der Waals surface area contributed by atoms with Crippen LogP contribution in [0.2, 0.25) is 0 Å². The summed E-state index contributed by atoms with van der Waals surface area (Å²) in [4.78, 5) is 25.0. The summed E-state index contributed by atoms with van der Waals surface area (Å²) in [6.45, 7) is 4.69. The van der Waals surface area contributed by atoms with Gasteiger partial charge in [-0.1, -0.05) is 59.7 Å². The van der Waals surface area contributed by atoms with Gasteiger partial charge in [-0.15, -0.1) is 5.10 Å². The van der Waals surface area contributed by atoms with Crippen LogP contribution in [0.25, 0.3) is 11.5 Å². The summed E-state index contributed by atoms with van der Waals surface area (Å²) in [6.07, 6.45) is -0.622. The fourth-order valence-electron chi connectivity index (χ4n) is 4.63. The number of aliphatic imine (C=N–C) groups is 1. The molecule has 2 aliphatic heterocycles. The van der Waals surface area contributed by atoms with Gasteiger partial charge < -0.3 is 19.4 Å². The highest BCUT2D eigenvalue weighted by atomic mass is 16.5. The van der Waals surface area contributed by atoms with E-state index in [-0.39, 0.29) is 18.2 Å². The van der Waals surface area contributed by atoms with E-state index in [0.717, 1.165) is 52.6 Å². The number of nitrogens with one attached hydrogen (secondary N) is 1. The molecule has 1 N–H and O–H groups in total. The number of anilines is 2. The summed E-state index contributed by atoms with van der Waals surface area (Å²) in [5, 5.41) is 11.5. The molecular formula is C28H26N6O3. The zero-order valence-corrected chi connectivity index (χ0v) is 20.4. The number of nitrogens with zero attached hydrogens (tertiary/aromatic N) is 5. The van der Waals surface area contributed by atoms with Crippen LogP contribution in [0.15, 0.2) is 76.1 Å². The minimum atomic E-state index is -0.870. The molecule has 0 unspecified atom stereocenters. The van der Waals surface area contributed by atoms with Gasteiger partial charge in [-0.3, -0.25) is 9.79 Å². The van der Waals surface area contributed by atoms with Crippen molar-refractivity contribution in [2.45, 2.75) is 19.5 Å². The van der Waals surface area contributed by atoms with Crippen molar-refractivity contribution in [2.75, 3.05) is 36.5 Å². The Morgan fingerprint density at radius 1 is 0.919 bits per heavy atom. The van der Waals surface area contributed by atoms with E-state index >= 15 is 0 Å². The average Bonchev–Trinajstić information content (AvgIpc) is 3.35. The van der Waals surface area contributed by atoms with Gasteiger partial charge in [0.1, 0.15) is 5.82 Å². The minimum Gasteiger partial charge on any atom is -0.403 e. The second kappa shape index (κ2) is 9.94. The quantitative estimate of drug-likeness (QED) is 0.448. The summed E-state index contributed by atoms with van der Waals surface area (Å²) >= 11 is 0. The molecule has 4 heterocycles. The first-order chi connectivity index (χ1) is 18.2. The maximum Gasteiger partial charge on any atom is 0.317 e. The van der Waals surface area contributed by atoms with Crippen LogP contribution in [0.3, 0.4) is 0 Å². The van der Waals surface area contributed by atoms with E-state index in [0.29, 0.717) is 19.1 Å². The second-order valence-electron chi connectivity index (χ2n) is 9.03. The Hall–Kier alpha value is -4.37. The molecule has 0 radical (unpaired) electrons. The highest BCUT2D eigenvalue weighted by molar-refractivity contribution is 6.16. The molecule has 0 spiro atoms. The maximum atomic E-state index is 13.2. The SMILES string of the molecule is Cc1ccc(-c2nnc(N[C@H]3N=C(c4ccccc4)c4ccccc4CC3=O)o2)c(N2CCOCC2)n1. The number of fused-ring (bicyclic) bond motifs is 1. The standard InChI is InChI=1S/C28H26N6O3/c1-18-11-12-22(26(29-18)34-13-15-36-16-14-34)27-32-33-28(37-27)31-25-23(35)17-20-9-5-6-10-21(20)24(30-25)19-7-3-2-4-8-19/h2-12,25H,13-17H2,1H3,(H,31,33)/t25-/m1/s1. The summed E-state index contributed by atoms with van der Waals surface area (Å²) in [5.74, 6) is 1.03. The molecule has 2 aromatic carbocycles. The Labute approximate surface area is 214 Å². The first kappa shape index (κ1) is 23.1.